The average Bonchev–Trinajstić information content (AvgIpc) is 2.14. The SMILES string of the molecule is ClCc1nc[nH]c1Br. The average molecular weight is 195 g/mol. The number of H-pyrrole nitrogens is 1. The van der Waals surface area contributed by atoms with Gasteiger partial charge in [-0.1, -0.05) is 0 Å². The molecule has 1 aromatic rings. The summed E-state index contributed by atoms with van der Waals surface area (Å²) >= 11 is 8.68. The summed E-state index contributed by atoms with van der Waals surface area (Å²) in [5, 5.41) is 0. The Labute approximate surface area is 60.4 Å². The van der Waals surface area contributed by atoms with Crippen molar-refractivity contribution in [3.05, 3.63) is 16.6 Å². The number of nitrogens with one attached hydrogen (secondary N) is 1. The lowest BCUT2D eigenvalue weighted by Gasteiger charge is -1.82. The van der Waals surface area contributed by atoms with Gasteiger partial charge in [0.15, 0.2) is 0 Å². The van der Waals surface area contributed by atoms with Gasteiger partial charge in [0, 0.05) is 0 Å². The van der Waals surface area contributed by atoms with E-state index in [0.717, 1.165) is 10.3 Å². The lowest BCUT2D eigenvalue weighted by Crippen LogP contribution is -1.74. The zero-order valence-corrected chi connectivity index (χ0v) is 6.33. The summed E-state index contributed by atoms with van der Waals surface area (Å²) in [4.78, 5) is 6.74. The minimum Gasteiger partial charge on any atom is -0.339 e. The molecule has 0 atom stereocenters. The summed E-state index contributed by atoms with van der Waals surface area (Å²) in [7, 11) is 0. The van der Waals surface area contributed by atoms with Crippen molar-refractivity contribution in [2.45, 2.75) is 5.88 Å². The number of halogens is 2. The van der Waals surface area contributed by atoms with Crippen LogP contribution in [0.2, 0.25) is 0 Å². The Morgan fingerprint density at radius 1 is 1.88 bits per heavy atom. The fraction of sp³-hybridized carbons (Fsp3) is 0.250. The van der Waals surface area contributed by atoms with Crippen LogP contribution in [0.4, 0.5) is 0 Å². The number of nitrogens with zero attached hydrogens (tertiary/aromatic N) is 1. The zero-order chi connectivity index (χ0) is 5.98. The largest absolute Gasteiger partial charge is 0.339 e. The summed E-state index contributed by atoms with van der Waals surface area (Å²) in [6.07, 6.45) is 1.60. The third-order valence-electron chi connectivity index (χ3n) is 0.792. The molecule has 0 spiro atoms. The molecule has 0 saturated heterocycles. The Kier molecular flexibility index (Phi) is 1.91. The molecular weight excluding hydrogens is 191 g/mol. The Morgan fingerprint density at radius 2 is 2.62 bits per heavy atom. The first-order valence-corrected chi connectivity index (χ1v) is 3.41. The van der Waals surface area contributed by atoms with E-state index in [1.807, 2.05) is 0 Å². The van der Waals surface area contributed by atoms with Crippen LogP contribution in [0.5, 0.6) is 0 Å². The summed E-state index contributed by atoms with van der Waals surface area (Å²) in [5.41, 5.74) is 0.853. The summed E-state index contributed by atoms with van der Waals surface area (Å²) in [6.45, 7) is 0. The number of alkyl halides is 1. The van der Waals surface area contributed by atoms with Crippen LogP contribution in [0.25, 0.3) is 0 Å². The minimum absolute atomic E-state index is 0.448. The van der Waals surface area contributed by atoms with E-state index in [1.54, 1.807) is 6.33 Å². The maximum atomic E-state index is 5.46. The molecule has 4 heteroatoms. The van der Waals surface area contributed by atoms with Gasteiger partial charge < -0.3 is 4.98 Å². The zero-order valence-electron chi connectivity index (χ0n) is 3.99. The Bertz CT molecular complexity index is 174. The molecule has 0 amide bonds. The summed E-state index contributed by atoms with van der Waals surface area (Å²) in [5.74, 6) is 0.448. The van der Waals surface area contributed by atoms with Crippen LogP contribution >= 0.6 is 27.5 Å². The van der Waals surface area contributed by atoms with Crippen LogP contribution in [0.1, 0.15) is 5.69 Å². The predicted octanol–water partition coefficient (Wildman–Crippen LogP) is 1.91. The van der Waals surface area contributed by atoms with Crippen LogP contribution < -0.4 is 0 Å². The number of hydrogen-bond acceptors (Lipinski definition) is 1. The Morgan fingerprint density at radius 3 is 2.88 bits per heavy atom. The Balaban J connectivity index is 2.92. The van der Waals surface area contributed by atoms with Crippen molar-refractivity contribution in [2.75, 3.05) is 0 Å². The van der Waals surface area contributed by atoms with Crippen molar-refractivity contribution in [3.63, 3.8) is 0 Å². The van der Waals surface area contributed by atoms with Gasteiger partial charge in [-0.05, 0) is 15.9 Å². The van der Waals surface area contributed by atoms with Crippen LogP contribution in [0.15, 0.2) is 10.9 Å². The number of hydrogen-bond donors (Lipinski definition) is 1. The van der Waals surface area contributed by atoms with E-state index in [2.05, 4.69) is 25.9 Å². The van der Waals surface area contributed by atoms with Gasteiger partial charge in [-0.3, -0.25) is 0 Å². The number of aromatic amines is 1. The van der Waals surface area contributed by atoms with E-state index in [-0.39, 0.29) is 0 Å². The van der Waals surface area contributed by atoms with E-state index in [9.17, 15) is 0 Å². The van der Waals surface area contributed by atoms with Crippen molar-refractivity contribution in [1.29, 1.82) is 0 Å². The molecule has 2 nitrogen and oxygen atoms in total. The van der Waals surface area contributed by atoms with Crippen molar-refractivity contribution in [3.8, 4) is 0 Å². The van der Waals surface area contributed by atoms with Gasteiger partial charge >= 0.3 is 0 Å². The molecule has 8 heavy (non-hydrogen) atoms. The third kappa shape index (κ3) is 1.03. The fourth-order valence-corrected chi connectivity index (χ4v) is 1.11. The molecule has 0 saturated carbocycles. The molecule has 1 heterocycles. The minimum atomic E-state index is 0.448. The number of rotatable bonds is 1. The highest BCUT2D eigenvalue weighted by molar-refractivity contribution is 9.10. The second-order valence-corrected chi connectivity index (χ2v) is 2.36. The molecule has 1 N–H and O–H groups in total. The van der Waals surface area contributed by atoms with Gasteiger partial charge in [0.1, 0.15) is 4.60 Å². The lowest BCUT2D eigenvalue weighted by atomic mass is 10.6. The van der Waals surface area contributed by atoms with Crippen molar-refractivity contribution >= 4 is 27.5 Å². The van der Waals surface area contributed by atoms with Gasteiger partial charge in [0.25, 0.3) is 0 Å². The molecule has 0 fully saturated rings. The maximum Gasteiger partial charge on any atom is 0.106 e. The quantitative estimate of drug-likeness (QED) is 0.682. The van der Waals surface area contributed by atoms with Crippen LogP contribution in [0, 0.1) is 0 Å². The number of aromatic nitrogens is 2. The smallest absolute Gasteiger partial charge is 0.106 e. The fourth-order valence-electron chi connectivity index (χ4n) is 0.400. The maximum absolute atomic E-state index is 5.46. The van der Waals surface area contributed by atoms with Crippen molar-refractivity contribution < 1.29 is 0 Å². The predicted molar refractivity (Wildman–Crippen MR) is 35.8 cm³/mol. The first kappa shape index (κ1) is 6.11. The van der Waals surface area contributed by atoms with E-state index in [1.165, 1.54) is 0 Å². The lowest BCUT2D eigenvalue weighted by molar-refractivity contribution is 1.21. The summed E-state index contributed by atoms with van der Waals surface area (Å²) < 4.78 is 0.868. The molecule has 0 bridgehead atoms. The van der Waals surface area contributed by atoms with E-state index in [4.69, 9.17) is 11.6 Å². The highest BCUT2D eigenvalue weighted by atomic mass is 79.9. The first-order valence-electron chi connectivity index (χ1n) is 2.08. The molecule has 0 aliphatic rings. The van der Waals surface area contributed by atoms with Crippen molar-refractivity contribution in [2.24, 2.45) is 0 Å². The van der Waals surface area contributed by atoms with Crippen LogP contribution in [-0.4, -0.2) is 9.97 Å². The third-order valence-corrected chi connectivity index (χ3v) is 1.73. The van der Waals surface area contributed by atoms with Gasteiger partial charge in [-0.15, -0.1) is 11.6 Å². The van der Waals surface area contributed by atoms with E-state index >= 15 is 0 Å². The number of imidazole rings is 1. The highest BCUT2D eigenvalue weighted by Gasteiger charge is 1.96. The molecule has 1 rings (SSSR count). The highest BCUT2D eigenvalue weighted by Crippen LogP contribution is 2.11. The first-order chi connectivity index (χ1) is 3.84. The molecule has 0 aliphatic carbocycles. The topological polar surface area (TPSA) is 28.7 Å². The molecule has 1 aromatic heterocycles. The van der Waals surface area contributed by atoms with Gasteiger partial charge in [-0.25, -0.2) is 4.98 Å². The molecule has 0 radical (unpaired) electrons. The molecule has 0 aromatic carbocycles. The Hall–Kier alpha value is -0.0200. The van der Waals surface area contributed by atoms with E-state index in [0.29, 0.717) is 5.88 Å². The monoisotopic (exact) mass is 194 g/mol. The molecule has 0 unspecified atom stereocenters. The molecule has 44 valence electrons. The van der Waals surface area contributed by atoms with Gasteiger partial charge in [0.05, 0.1) is 17.9 Å². The standard InChI is InChI=1S/C4H4BrClN2/c5-4-3(1-6)7-2-8-4/h2H,1H2,(H,7,8). The second kappa shape index (κ2) is 2.51. The summed E-state index contributed by atoms with van der Waals surface area (Å²) in [6, 6.07) is 0. The molecular formula is C4H4BrClN2. The van der Waals surface area contributed by atoms with Crippen LogP contribution in [0.3, 0.4) is 0 Å². The second-order valence-electron chi connectivity index (χ2n) is 1.30. The van der Waals surface area contributed by atoms with E-state index < -0.39 is 0 Å². The normalized spacial score (nSPS) is 9.75. The van der Waals surface area contributed by atoms with Gasteiger partial charge in [-0.2, -0.15) is 0 Å². The van der Waals surface area contributed by atoms with Crippen molar-refractivity contribution in [1.82, 2.24) is 9.97 Å². The van der Waals surface area contributed by atoms with Gasteiger partial charge in [0.2, 0.25) is 0 Å². The molecule has 0 aliphatic heterocycles. The van der Waals surface area contributed by atoms with Crippen LogP contribution in [-0.2, 0) is 5.88 Å².